The minimum Gasteiger partial charge on any atom is -0.502 e. The van der Waals surface area contributed by atoms with Crippen molar-refractivity contribution < 1.29 is 10.0 Å². The molecule has 0 amide bonds. The van der Waals surface area contributed by atoms with E-state index < -0.39 is 10.7 Å². The van der Waals surface area contributed by atoms with Crippen LogP contribution >= 0.6 is 12.2 Å². The molecule has 2 aromatic rings. The summed E-state index contributed by atoms with van der Waals surface area (Å²) in [5.74, 6) is 0.174. The third kappa shape index (κ3) is 2.65. The van der Waals surface area contributed by atoms with Crippen molar-refractivity contribution in [2.24, 2.45) is 5.10 Å². The van der Waals surface area contributed by atoms with E-state index in [1.165, 1.54) is 29.1 Å². The molecule has 2 N–H and O–H groups in total. The summed E-state index contributed by atoms with van der Waals surface area (Å²) in [4.78, 5) is 10.0. The van der Waals surface area contributed by atoms with E-state index in [-0.39, 0.29) is 5.69 Å². The van der Waals surface area contributed by atoms with Gasteiger partial charge in [-0.2, -0.15) is 14.9 Å². The lowest BCUT2D eigenvalue weighted by molar-refractivity contribution is -0.385. The molecular weight excluding hydrogens is 270 g/mol. The van der Waals surface area contributed by atoms with E-state index in [0.29, 0.717) is 16.2 Å². The van der Waals surface area contributed by atoms with E-state index in [2.05, 4.69) is 15.3 Å². The zero-order chi connectivity index (χ0) is 14.0. The highest BCUT2D eigenvalue weighted by atomic mass is 32.1. The molecule has 1 heterocycles. The monoisotopic (exact) mass is 279 g/mol. The molecule has 0 saturated carbocycles. The van der Waals surface area contributed by atoms with E-state index in [0.717, 1.165) is 0 Å². The minimum atomic E-state index is -0.665. The molecule has 0 atom stereocenters. The molecule has 0 radical (unpaired) electrons. The number of aromatic amines is 1. The third-order valence-corrected chi connectivity index (χ3v) is 2.59. The van der Waals surface area contributed by atoms with Gasteiger partial charge in [-0.05, 0) is 31.3 Å². The SMILES string of the molecule is Cc1n[nH]c(=S)n1/N=C\c1ccc(O)c([N+](=O)[O-])c1. The van der Waals surface area contributed by atoms with Crippen molar-refractivity contribution in [3.8, 4) is 5.75 Å². The number of aryl methyl sites for hydroxylation is 1. The van der Waals surface area contributed by atoms with E-state index >= 15 is 0 Å². The molecule has 1 aromatic carbocycles. The van der Waals surface area contributed by atoms with Gasteiger partial charge in [0.15, 0.2) is 5.75 Å². The number of hydrogen-bond acceptors (Lipinski definition) is 6. The fourth-order valence-corrected chi connectivity index (χ4v) is 1.62. The number of nitro groups is 1. The number of benzene rings is 1. The summed E-state index contributed by atoms with van der Waals surface area (Å²) in [5.41, 5.74) is 0.0865. The van der Waals surface area contributed by atoms with Gasteiger partial charge in [-0.25, -0.2) is 0 Å². The molecule has 1 aromatic heterocycles. The van der Waals surface area contributed by atoms with Crippen LogP contribution in [0.15, 0.2) is 23.3 Å². The van der Waals surface area contributed by atoms with Crippen molar-refractivity contribution in [3.05, 3.63) is 44.5 Å². The number of nitro benzene ring substituents is 1. The molecule has 0 fully saturated rings. The van der Waals surface area contributed by atoms with Crippen molar-refractivity contribution >= 4 is 24.1 Å². The maximum absolute atomic E-state index is 10.7. The first-order chi connectivity index (χ1) is 8.99. The van der Waals surface area contributed by atoms with Crippen LogP contribution in [0.3, 0.4) is 0 Å². The van der Waals surface area contributed by atoms with Crippen LogP contribution < -0.4 is 0 Å². The smallest absolute Gasteiger partial charge is 0.311 e. The lowest BCUT2D eigenvalue weighted by Crippen LogP contribution is -1.95. The number of aromatic hydroxyl groups is 1. The maximum atomic E-state index is 10.7. The minimum absolute atomic E-state index is 0.321. The first-order valence-corrected chi connectivity index (χ1v) is 5.55. The van der Waals surface area contributed by atoms with Gasteiger partial charge in [0.2, 0.25) is 4.77 Å². The number of nitrogens with one attached hydrogen (secondary N) is 1. The predicted octanol–water partition coefficient (Wildman–Crippen LogP) is 1.75. The largest absolute Gasteiger partial charge is 0.502 e. The lowest BCUT2D eigenvalue weighted by Gasteiger charge is -1.98. The van der Waals surface area contributed by atoms with Gasteiger partial charge in [-0.1, -0.05) is 0 Å². The van der Waals surface area contributed by atoms with Crippen LogP contribution in [0.5, 0.6) is 5.75 Å². The van der Waals surface area contributed by atoms with Gasteiger partial charge in [0.25, 0.3) is 0 Å². The number of nitrogens with zero attached hydrogens (tertiary/aromatic N) is 4. The quantitative estimate of drug-likeness (QED) is 0.385. The Balaban J connectivity index is 2.37. The van der Waals surface area contributed by atoms with Gasteiger partial charge in [-0.3, -0.25) is 15.2 Å². The van der Waals surface area contributed by atoms with Crippen LogP contribution in [-0.2, 0) is 0 Å². The number of hydrogen-bond donors (Lipinski definition) is 2. The van der Waals surface area contributed by atoms with Gasteiger partial charge in [0, 0.05) is 11.6 Å². The van der Waals surface area contributed by atoms with Crippen LogP contribution in [-0.4, -0.2) is 31.1 Å². The molecule has 0 aliphatic rings. The molecule has 8 nitrogen and oxygen atoms in total. The second-order valence-electron chi connectivity index (χ2n) is 3.64. The third-order valence-electron chi connectivity index (χ3n) is 2.33. The Hall–Kier alpha value is -2.55. The molecule has 9 heteroatoms. The molecule has 98 valence electrons. The standard InChI is InChI=1S/C10H9N5O3S/c1-6-12-13-10(19)14(6)11-5-7-2-3-9(16)8(4-7)15(17)18/h2-5,16H,1H3,(H,13,19)/b11-5-. The summed E-state index contributed by atoms with van der Waals surface area (Å²) in [6.45, 7) is 1.71. The maximum Gasteiger partial charge on any atom is 0.311 e. The number of aromatic nitrogens is 3. The van der Waals surface area contributed by atoms with Crippen molar-refractivity contribution in [1.82, 2.24) is 14.9 Å². The number of rotatable bonds is 3. The highest BCUT2D eigenvalue weighted by Crippen LogP contribution is 2.25. The Morgan fingerprint density at radius 1 is 1.63 bits per heavy atom. The van der Waals surface area contributed by atoms with Gasteiger partial charge in [0.1, 0.15) is 5.82 Å². The summed E-state index contributed by atoms with van der Waals surface area (Å²) >= 11 is 4.96. The summed E-state index contributed by atoms with van der Waals surface area (Å²) in [7, 11) is 0. The van der Waals surface area contributed by atoms with Crippen LogP contribution in [0.4, 0.5) is 5.69 Å². The van der Waals surface area contributed by atoms with E-state index in [1.807, 2.05) is 0 Å². The second kappa shape index (κ2) is 4.98. The normalized spacial score (nSPS) is 11.0. The summed E-state index contributed by atoms with van der Waals surface area (Å²) in [6.07, 6.45) is 1.39. The molecule has 0 aliphatic carbocycles. The summed E-state index contributed by atoms with van der Waals surface area (Å²) in [5, 5.41) is 30.5. The molecular formula is C10H9N5O3S. The van der Waals surface area contributed by atoms with Crippen molar-refractivity contribution in [2.75, 3.05) is 0 Å². The molecule has 0 saturated heterocycles. The average Bonchev–Trinajstić information content (AvgIpc) is 2.68. The number of H-pyrrole nitrogens is 1. The molecule has 0 aliphatic heterocycles. The number of phenols is 1. The van der Waals surface area contributed by atoms with E-state index in [1.54, 1.807) is 6.92 Å². The average molecular weight is 279 g/mol. The fraction of sp³-hybridized carbons (Fsp3) is 0.100. The predicted molar refractivity (Wildman–Crippen MR) is 69.9 cm³/mol. The highest BCUT2D eigenvalue weighted by Gasteiger charge is 2.12. The number of phenolic OH excluding ortho intramolecular Hbond substituents is 1. The van der Waals surface area contributed by atoms with Gasteiger partial charge in [-0.15, -0.1) is 0 Å². The summed E-state index contributed by atoms with van der Waals surface area (Å²) < 4.78 is 1.70. The molecule has 0 spiro atoms. The Morgan fingerprint density at radius 2 is 2.37 bits per heavy atom. The van der Waals surface area contributed by atoms with Gasteiger partial charge < -0.3 is 5.11 Å². The Kier molecular flexibility index (Phi) is 3.38. The van der Waals surface area contributed by atoms with E-state index in [9.17, 15) is 15.2 Å². The highest BCUT2D eigenvalue weighted by molar-refractivity contribution is 7.71. The van der Waals surface area contributed by atoms with Crippen molar-refractivity contribution in [3.63, 3.8) is 0 Å². The van der Waals surface area contributed by atoms with Gasteiger partial charge >= 0.3 is 5.69 Å². The van der Waals surface area contributed by atoms with E-state index in [4.69, 9.17) is 12.2 Å². The molecule has 2 rings (SSSR count). The zero-order valence-corrected chi connectivity index (χ0v) is 10.6. The van der Waals surface area contributed by atoms with Crippen molar-refractivity contribution in [2.45, 2.75) is 6.92 Å². The molecule has 0 unspecified atom stereocenters. The Bertz CT molecular complexity index is 718. The van der Waals surface area contributed by atoms with Crippen LogP contribution in [0.2, 0.25) is 0 Å². The van der Waals surface area contributed by atoms with Gasteiger partial charge in [0.05, 0.1) is 11.1 Å². The molecule has 0 bridgehead atoms. The fourth-order valence-electron chi connectivity index (χ4n) is 1.40. The lowest BCUT2D eigenvalue weighted by atomic mass is 10.2. The Morgan fingerprint density at radius 3 is 2.95 bits per heavy atom. The van der Waals surface area contributed by atoms with Crippen molar-refractivity contribution in [1.29, 1.82) is 0 Å². The first-order valence-electron chi connectivity index (χ1n) is 5.15. The molecule has 19 heavy (non-hydrogen) atoms. The summed E-state index contributed by atoms with van der Waals surface area (Å²) in [6, 6.07) is 3.96. The van der Waals surface area contributed by atoms with Crippen LogP contribution in [0.1, 0.15) is 11.4 Å². The first kappa shape index (κ1) is 12.9. The topological polar surface area (TPSA) is 109 Å². The zero-order valence-electron chi connectivity index (χ0n) is 9.77. The second-order valence-corrected chi connectivity index (χ2v) is 4.02. The van der Waals surface area contributed by atoms with Crippen LogP contribution in [0.25, 0.3) is 0 Å². The van der Waals surface area contributed by atoms with Crippen LogP contribution in [0, 0.1) is 21.8 Å². The Labute approximate surface area is 112 Å².